The molecule has 130 valence electrons. The minimum Gasteiger partial charge on any atom is -0.494 e. The minimum atomic E-state index is -0.0627. The van der Waals surface area contributed by atoms with Crippen molar-refractivity contribution < 1.29 is 9.84 Å². The molecule has 0 spiro atoms. The molecule has 4 rings (SSSR count). The van der Waals surface area contributed by atoms with Crippen molar-refractivity contribution in [1.82, 2.24) is 4.98 Å². The summed E-state index contributed by atoms with van der Waals surface area (Å²) in [5.41, 5.74) is 7.89. The number of anilines is 1. The summed E-state index contributed by atoms with van der Waals surface area (Å²) >= 11 is 0. The topological polar surface area (TPSA) is 80.4 Å². The number of benzene rings is 3. The highest BCUT2D eigenvalue weighted by Crippen LogP contribution is 2.38. The van der Waals surface area contributed by atoms with Gasteiger partial charge >= 0.3 is 0 Å². The van der Waals surface area contributed by atoms with Gasteiger partial charge in [0.05, 0.1) is 19.2 Å². The Morgan fingerprint density at radius 1 is 1.04 bits per heavy atom. The number of aliphatic hydroxyl groups is 1. The SMILES string of the molecule is COc1cccc2c(-c3cc(CO)cc(NN)c3)c3ccccc3nc12. The number of aromatic nitrogens is 1. The van der Waals surface area contributed by atoms with Crippen molar-refractivity contribution in [2.75, 3.05) is 12.5 Å². The number of para-hydroxylation sites is 2. The zero-order chi connectivity index (χ0) is 18.1. The van der Waals surface area contributed by atoms with Crippen LogP contribution in [0, 0.1) is 0 Å². The van der Waals surface area contributed by atoms with Gasteiger partial charge < -0.3 is 15.3 Å². The van der Waals surface area contributed by atoms with Gasteiger partial charge in [0.2, 0.25) is 0 Å². The smallest absolute Gasteiger partial charge is 0.145 e. The molecule has 5 nitrogen and oxygen atoms in total. The molecule has 0 bridgehead atoms. The molecule has 4 aromatic rings. The third-order valence-electron chi connectivity index (χ3n) is 4.52. The number of hydrogen-bond donors (Lipinski definition) is 3. The van der Waals surface area contributed by atoms with Crippen molar-refractivity contribution >= 4 is 27.5 Å². The van der Waals surface area contributed by atoms with Crippen molar-refractivity contribution in [2.24, 2.45) is 5.84 Å². The second-order valence-corrected chi connectivity index (χ2v) is 6.08. The van der Waals surface area contributed by atoms with Crippen molar-refractivity contribution in [1.29, 1.82) is 0 Å². The summed E-state index contributed by atoms with van der Waals surface area (Å²) in [6, 6.07) is 19.7. The van der Waals surface area contributed by atoms with E-state index in [2.05, 4.69) is 11.5 Å². The molecular formula is C21H19N3O2. The summed E-state index contributed by atoms with van der Waals surface area (Å²) in [6.07, 6.45) is 0. The molecule has 0 aliphatic carbocycles. The van der Waals surface area contributed by atoms with E-state index in [0.29, 0.717) is 0 Å². The van der Waals surface area contributed by atoms with E-state index in [4.69, 9.17) is 15.6 Å². The molecule has 0 atom stereocenters. The Labute approximate surface area is 151 Å². The quantitative estimate of drug-likeness (QED) is 0.297. The van der Waals surface area contributed by atoms with Crippen LogP contribution in [0.5, 0.6) is 5.75 Å². The number of hydrogen-bond acceptors (Lipinski definition) is 5. The van der Waals surface area contributed by atoms with E-state index in [1.165, 1.54) is 0 Å². The summed E-state index contributed by atoms with van der Waals surface area (Å²) in [5, 5.41) is 11.7. The number of nitrogen functional groups attached to an aromatic ring is 1. The van der Waals surface area contributed by atoms with Crippen molar-refractivity contribution in [3.63, 3.8) is 0 Å². The minimum absolute atomic E-state index is 0.0627. The van der Waals surface area contributed by atoms with Gasteiger partial charge in [0.25, 0.3) is 0 Å². The Hall–Kier alpha value is -3.15. The van der Waals surface area contributed by atoms with Gasteiger partial charge in [0.15, 0.2) is 0 Å². The van der Waals surface area contributed by atoms with Crippen LogP contribution in [0.15, 0.2) is 60.7 Å². The molecule has 5 heteroatoms. The van der Waals surface area contributed by atoms with Gasteiger partial charge in [-0.15, -0.1) is 0 Å². The standard InChI is InChI=1S/C21H19N3O2/c1-26-19-8-4-6-17-20(14-9-13(12-25)10-15(11-14)24-22)16-5-2-3-7-18(16)23-21(17)19/h2-11,24-25H,12,22H2,1H3. The zero-order valence-electron chi connectivity index (χ0n) is 14.4. The van der Waals surface area contributed by atoms with Gasteiger partial charge in [-0.3, -0.25) is 5.84 Å². The Balaban J connectivity index is 2.16. The van der Waals surface area contributed by atoms with E-state index >= 15 is 0 Å². The molecule has 0 aliphatic heterocycles. The number of nitrogens with zero attached hydrogens (tertiary/aromatic N) is 1. The average Bonchev–Trinajstić information content (AvgIpc) is 2.70. The first-order chi connectivity index (χ1) is 12.7. The van der Waals surface area contributed by atoms with Gasteiger partial charge in [-0.05, 0) is 41.5 Å². The average molecular weight is 345 g/mol. The van der Waals surface area contributed by atoms with Crippen molar-refractivity contribution in [3.8, 4) is 16.9 Å². The molecule has 26 heavy (non-hydrogen) atoms. The van der Waals surface area contributed by atoms with E-state index in [-0.39, 0.29) is 6.61 Å². The van der Waals surface area contributed by atoms with Crippen LogP contribution in [0.3, 0.4) is 0 Å². The van der Waals surface area contributed by atoms with Gasteiger partial charge in [0, 0.05) is 22.0 Å². The number of fused-ring (bicyclic) bond motifs is 2. The van der Waals surface area contributed by atoms with Gasteiger partial charge in [-0.1, -0.05) is 30.3 Å². The maximum Gasteiger partial charge on any atom is 0.145 e. The van der Waals surface area contributed by atoms with Crippen LogP contribution < -0.4 is 16.0 Å². The number of aliphatic hydroxyl groups excluding tert-OH is 1. The molecule has 0 unspecified atom stereocenters. The van der Waals surface area contributed by atoms with Crippen LogP contribution in [0.4, 0.5) is 5.69 Å². The van der Waals surface area contributed by atoms with Gasteiger partial charge in [-0.25, -0.2) is 4.98 Å². The fourth-order valence-electron chi connectivity index (χ4n) is 3.37. The molecule has 0 saturated carbocycles. The highest BCUT2D eigenvalue weighted by atomic mass is 16.5. The van der Waals surface area contributed by atoms with Crippen LogP contribution in [-0.2, 0) is 6.61 Å². The van der Waals surface area contributed by atoms with Gasteiger partial charge in [0.1, 0.15) is 11.3 Å². The lowest BCUT2D eigenvalue weighted by Gasteiger charge is -2.15. The fourth-order valence-corrected chi connectivity index (χ4v) is 3.37. The highest BCUT2D eigenvalue weighted by molar-refractivity contribution is 6.11. The number of nitrogens with two attached hydrogens (primary N) is 1. The molecule has 1 aromatic heterocycles. The Bertz CT molecular complexity index is 1090. The predicted molar refractivity (Wildman–Crippen MR) is 105 cm³/mol. The number of methoxy groups -OCH3 is 1. The number of pyridine rings is 1. The van der Waals surface area contributed by atoms with E-state index < -0.39 is 0 Å². The summed E-state index contributed by atoms with van der Waals surface area (Å²) in [6.45, 7) is -0.0627. The van der Waals surface area contributed by atoms with E-state index in [0.717, 1.165) is 49.9 Å². The maximum absolute atomic E-state index is 9.64. The molecule has 3 aromatic carbocycles. The lowest BCUT2D eigenvalue weighted by atomic mass is 9.94. The molecule has 4 N–H and O–H groups in total. The summed E-state index contributed by atoms with van der Waals surface area (Å²) < 4.78 is 5.52. The van der Waals surface area contributed by atoms with Crippen LogP contribution in [0.1, 0.15) is 5.56 Å². The number of hydrazine groups is 1. The van der Waals surface area contributed by atoms with Crippen LogP contribution in [0.25, 0.3) is 32.9 Å². The predicted octanol–water partition coefficient (Wildman–Crippen LogP) is 3.84. The number of rotatable bonds is 4. The van der Waals surface area contributed by atoms with Crippen LogP contribution >= 0.6 is 0 Å². The summed E-state index contributed by atoms with van der Waals surface area (Å²) in [7, 11) is 1.65. The number of ether oxygens (including phenoxy) is 1. The highest BCUT2D eigenvalue weighted by Gasteiger charge is 2.15. The number of nitrogens with one attached hydrogen (secondary N) is 1. The van der Waals surface area contributed by atoms with Crippen LogP contribution in [-0.4, -0.2) is 17.2 Å². The molecule has 0 aliphatic rings. The molecule has 0 amide bonds. The second-order valence-electron chi connectivity index (χ2n) is 6.08. The zero-order valence-corrected chi connectivity index (χ0v) is 14.4. The Morgan fingerprint density at radius 3 is 2.62 bits per heavy atom. The second kappa shape index (κ2) is 6.63. The van der Waals surface area contributed by atoms with Crippen molar-refractivity contribution in [2.45, 2.75) is 6.61 Å². The Morgan fingerprint density at radius 2 is 1.85 bits per heavy atom. The fraction of sp³-hybridized carbons (Fsp3) is 0.0952. The molecular weight excluding hydrogens is 326 g/mol. The lowest BCUT2D eigenvalue weighted by Crippen LogP contribution is -2.07. The van der Waals surface area contributed by atoms with E-state index in [1.807, 2.05) is 54.6 Å². The Kier molecular flexibility index (Phi) is 4.16. The largest absolute Gasteiger partial charge is 0.494 e. The van der Waals surface area contributed by atoms with E-state index in [9.17, 15) is 5.11 Å². The van der Waals surface area contributed by atoms with E-state index in [1.54, 1.807) is 7.11 Å². The monoisotopic (exact) mass is 345 g/mol. The van der Waals surface area contributed by atoms with Crippen molar-refractivity contribution in [3.05, 3.63) is 66.2 Å². The third-order valence-corrected chi connectivity index (χ3v) is 4.52. The molecule has 1 heterocycles. The first-order valence-corrected chi connectivity index (χ1v) is 8.32. The van der Waals surface area contributed by atoms with Gasteiger partial charge in [-0.2, -0.15) is 0 Å². The first kappa shape index (κ1) is 16.3. The molecule has 0 radical (unpaired) electrons. The normalized spacial score (nSPS) is 11.0. The van der Waals surface area contributed by atoms with Crippen LogP contribution in [0.2, 0.25) is 0 Å². The summed E-state index contributed by atoms with van der Waals surface area (Å²) in [4.78, 5) is 4.81. The first-order valence-electron chi connectivity index (χ1n) is 8.32. The lowest BCUT2D eigenvalue weighted by molar-refractivity contribution is 0.282. The maximum atomic E-state index is 9.64. The molecule has 0 fully saturated rings. The third kappa shape index (κ3) is 2.63. The molecule has 0 saturated heterocycles. The summed E-state index contributed by atoms with van der Waals surface area (Å²) in [5.74, 6) is 6.35.